The number of hydrogen-bond acceptors (Lipinski definition) is 3. The minimum absolute atomic E-state index is 0.744. The zero-order valence-electron chi connectivity index (χ0n) is 8.34. The Kier molecular flexibility index (Phi) is 4.40. The van der Waals surface area contributed by atoms with Gasteiger partial charge in [0, 0.05) is 18.2 Å². The van der Waals surface area contributed by atoms with E-state index in [1.165, 1.54) is 25.7 Å². The Morgan fingerprint density at radius 3 is 2.25 bits per heavy atom. The Morgan fingerprint density at radius 1 is 1.17 bits per heavy atom. The number of rotatable bonds is 3. The third-order valence-corrected chi connectivity index (χ3v) is 3.22. The van der Waals surface area contributed by atoms with E-state index in [4.69, 9.17) is 0 Å². The average molecular weight is 188 g/mol. The molecule has 0 saturated heterocycles. The van der Waals surface area contributed by atoms with Gasteiger partial charge in [-0.05, 0) is 45.7 Å². The number of nitrogens with one attached hydrogen (secondary N) is 1. The fraction of sp³-hybridized carbons (Fsp3) is 1.00. The van der Waals surface area contributed by atoms with Crippen LogP contribution in [0.25, 0.3) is 0 Å². The van der Waals surface area contributed by atoms with E-state index in [1.807, 2.05) is 0 Å². The SMILES string of the molecule is CC1CCC(NSN(C)C)CC1. The van der Waals surface area contributed by atoms with Crippen molar-refractivity contribution in [1.82, 2.24) is 9.03 Å². The first-order valence-electron chi connectivity index (χ1n) is 4.78. The summed E-state index contributed by atoms with van der Waals surface area (Å²) in [7, 11) is 4.15. The molecule has 1 rings (SSSR count). The van der Waals surface area contributed by atoms with Gasteiger partial charge in [0.2, 0.25) is 0 Å². The summed E-state index contributed by atoms with van der Waals surface area (Å²) in [5, 5.41) is 0. The lowest BCUT2D eigenvalue weighted by Gasteiger charge is -2.27. The number of nitrogens with zero attached hydrogens (tertiary/aromatic N) is 1. The lowest BCUT2D eigenvalue weighted by Crippen LogP contribution is -2.30. The van der Waals surface area contributed by atoms with Gasteiger partial charge in [0.1, 0.15) is 0 Å². The molecule has 1 aliphatic rings. The molecule has 0 atom stereocenters. The molecule has 72 valence electrons. The van der Waals surface area contributed by atoms with Crippen LogP contribution in [-0.4, -0.2) is 24.4 Å². The molecule has 1 N–H and O–H groups in total. The highest BCUT2D eigenvalue weighted by Gasteiger charge is 2.17. The van der Waals surface area contributed by atoms with Gasteiger partial charge in [-0.25, -0.2) is 9.03 Å². The highest BCUT2D eigenvalue weighted by molar-refractivity contribution is 7.95. The van der Waals surface area contributed by atoms with Crippen LogP contribution in [0.15, 0.2) is 0 Å². The van der Waals surface area contributed by atoms with Gasteiger partial charge < -0.3 is 0 Å². The normalized spacial score (nSPS) is 31.0. The molecule has 0 unspecified atom stereocenters. The van der Waals surface area contributed by atoms with Gasteiger partial charge in [0.05, 0.1) is 0 Å². The Hall–Kier alpha value is 0.270. The predicted octanol–water partition coefficient (Wildman–Crippen LogP) is 2.28. The second-order valence-electron chi connectivity index (χ2n) is 3.98. The standard InChI is InChI=1S/C9H20N2S/c1-8-4-6-9(7-5-8)10-12-11(2)3/h8-10H,4-7H2,1-3H3. The minimum Gasteiger partial charge on any atom is -0.248 e. The van der Waals surface area contributed by atoms with Crippen molar-refractivity contribution in [2.75, 3.05) is 14.1 Å². The quantitative estimate of drug-likeness (QED) is 0.684. The first-order valence-corrected chi connectivity index (χ1v) is 5.55. The van der Waals surface area contributed by atoms with E-state index in [2.05, 4.69) is 30.0 Å². The van der Waals surface area contributed by atoms with E-state index < -0.39 is 0 Å². The highest BCUT2D eigenvalue weighted by Crippen LogP contribution is 2.24. The summed E-state index contributed by atoms with van der Waals surface area (Å²) < 4.78 is 5.59. The van der Waals surface area contributed by atoms with Crippen LogP contribution in [0.1, 0.15) is 32.6 Å². The van der Waals surface area contributed by atoms with Gasteiger partial charge in [-0.1, -0.05) is 6.92 Å². The molecule has 0 radical (unpaired) electrons. The van der Waals surface area contributed by atoms with E-state index in [-0.39, 0.29) is 0 Å². The van der Waals surface area contributed by atoms with Crippen LogP contribution < -0.4 is 4.72 Å². The van der Waals surface area contributed by atoms with Gasteiger partial charge in [-0.2, -0.15) is 0 Å². The molecule has 0 aromatic heterocycles. The topological polar surface area (TPSA) is 15.3 Å². The average Bonchev–Trinajstić information content (AvgIpc) is 2.03. The first kappa shape index (κ1) is 10.4. The molecule has 0 aromatic rings. The molecular formula is C9H20N2S. The predicted molar refractivity (Wildman–Crippen MR) is 55.8 cm³/mol. The molecule has 12 heavy (non-hydrogen) atoms. The Balaban J connectivity index is 2.09. The Labute approximate surface area is 80.4 Å². The van der Waals surface area contributed by atoms with Gasteiger partial charge in [0.15, 0.2) is 0 Å². The third-order valence-electron chi connectivity index (χ3n) is 2.42. The summed E-state index contributed by atoms with van der Waals surface area (Å²) in [5.41, 5.74) is 0. The molecule has 1 fully saturated rings. The van der Waals surface area contributed by atoms with Crippen LogP contribution in [0.5, 0.6) is 0 Å². The van der Waals surface area contributed by atoms with Crippen LogP contribution in [0, 0.1) is 5.92 Å². The highest BCUT2D eigenvalue weighted by atomic mass is 32.2. The maximum Gasteiger partial charge on any atom is 0.0184 e. The second kappa shape index (κ2) is 5.10. The van der Waals surface area contributed by atoms with Gasteiger partial charge in [-0.15, -0.1) is 0 Å². The monoisotopic (exact) mass is 188 g/mol. The van der Waals surface area contributed by atoms with E-state index in [9.17, 15) is 0 Å². The first-order chi connectivity index (χ1) is 5.68. The largest absolute Gasteiger partial charge is 0.248 e. The lowest BCUT2D eigenvalue weighted by atomic mass is 9.88. The molecule has 2 nitrogen and oxygen atoms in total. The summed E-state index contributed by atoms with van der Waals surface area (Å²) in [6.07, 6.45) is 5.49. The molecule has 1 saturated carbocycles. The molecular weight excluding hydrogens is 168 g/mol. The van der Waals surface area contributed by atoms with Crippen molar-refractivity contribution in [2.45, 2.75) is 38.6 Å². The van der Waals surface area contributed by atoms with E-state index in [1.54, 1.807) is 12.1 Å². The van der Waals surface area contributed by atoms with Crippen molar-refractivity contribution in [3.05, 3.63) is 0 Å². The van der Waals surface area contributed by atoms with E-state index >= 15 is 0 Å². The van der Waals surface area contributed by atoms with Crippen LogP contribution in [0.4, 0.5) is 0 Å². The summed E-state index contributed by atoms with van der Waals surface area (Å²) >= 11 is 1.72. The summed E-state index contributed by atoms with van der Waals surface area (Å²) in [6, 6.07) is 0.744. The van der Waals surface area contributed by atoms with Crippen molar-refractivity contribution >= 4 is 12.1 Å². The maximum absolute atomic E-state index is 3.48. The molecule has 0 spiro atoms. The van der Waals surface area contributed by atoms with Gasteiger partial charge in [-0.3, -0.25) is 0 Å². The molecule has 1 aliphatic carbocycles. The molecule has 0 aliphatic heterocycles. The molecule has 0 amide bonds. The smallest absolute Gasteiger partial charge is 0.0184 e. The molecule has 3 heteroatoms. The molecule has 0 heterocycles. The minimum atomic E-state index is 0.744. The summed E-state index contributed by atoms with van der Waals surface area (Å²) in [6.45, 7) is 2.36. The second-order valence-corrected chi connectivity index (χ2v) is 5.13. The van der Waals surface area contributed by atoms with E-state index in [0.29, 0.717) is 0 Å². The molecule has 0 aromatic carbocycles. The maximum atomic E-state index is 3.48. The van der Waals surface area contributed by atoms with Crippen LogP contribution in [0.3, 0.4) is 0 Å². The van der Waals surface area contributed by atoms with Gasteiger partial charge >= 0.3 is 0 Å². The van der Waals surface area contributed by atoms with E-state index in [0.717, 1.165) is 12.0 Å². The zero-order valence-corrected chi connectivity index (χ0v) is 9.16. The third kappa shape index (κ3) is 3.78. The van der Waals surface area contributed by atoms with Gasteiger partial charge in [0.25, 0.3) is 0 Å². The van der Waals surface area contributed by atoms with Crippen molar-refractivity contribution in [2.24, 2.45) is 5.92 Å². The lowest BCUT2D eigenvalue weighted by molar-refractivity contribution is 0.335. The van der Waals surface area contributed by atoms with Crippen molar-refractivity contribution in [1.29, 1.82) is 0 Å². The summed E-state index contributed by atoms with van der Waals surface area (Å²) in [5.74, 6) is 0.951. The fourth-order valence-electron chi connectivity index (χ4n) is 1.56. The van der Waals surface area contributed by atoms with Crippen molar-refractivity contribution < 1.29 is 0 Å². The number of hydrogen-bond donors (Lipinski definition) is 1. The fourth-order valence-corrected chi connectivity index (χ4v) is 2.15. The zero-order chi connectivity index (χ0) is 8.97. The Bertz CT molecular complexity index is 120. The van der Waals surface area contributed by atoms with Crippen molar-refractivity contribution in [3.63, 3.8) is 0 Å². The van der Waals surface area contributed by atoms with Crippen LogP contribution in [-0.2, 0) is 0 Å². The summed E-state index contributed by atoms with van der Waals surface area (Å²) in [4.78, 5) is 0. The molecule has 0 bridgehead atoms. The van der Waals surface area contributed by atoms with Crippen LogP contribution in [0.2, 0.25) is 0 Å². The Morgan fingerprint density at radius 2 is 1.75 bits per heavy atom. The van der Waals surface area contributed by atoms with Crippen molar-refractivity contribution in [3.8, 4) is 0 Å². The van der Waals surface area contributed by atoms with Crippen LogP contribution >= 0.6 is 12.1 Å².